The van der Waals surface area contributed by atoms with Crippen molar-refractivity contribution >= 4 is 5.69 Å². The molecule has 5 heteroatoms. The minimum Gasteiger partial charge on any atom is -0.363 e. The molecule has 20 heavy (non-hydrogen) atoms. The summed E-state index contributed by atoms with van der Waals surface area (Å²) in [7, 11) is 0. The van der Waals surface area contributed by atoms with Crippen LogP contribution in [0.25, 0.3) is 0 Å². The van der Waals surface area contributed by atoms with Crippen LogP contribution in [0.15, 0.2) is 12.1 Å². The number of nitrogens with zero attached hydrogens (tertiary/aromatic N) is 1. The number of benzene rings is 1. The molecule has 1 saturated heterocycles. The molecule has 1 saturated carbocycles. The Hall–Kier alpha value is -1.23. The first-order chi connectivity index (χ1) is 9.51. The van der Waals surface area contributed by atoms with Gasteiger partial charge >= 0.3 is 0 Å². The van der Waals surface area contributed by atoms with Gasteiger partial charge in [0, 0.05) is 36.8 Å². The SMILES string of the molecule is CC1CNC2(CCCC2)CN1c1cc(F)cc(F)c1F. The average molecular weight is 284 g/mol. The van der Waals surface area contributed by atoms with Crippen molar-refractivity contribution in [2.45, 2.75) is 44.2 Å². The van der Waals surface area contributed by atoms with E-state index >= 15 is 0 Å². The normalized spacial score (nSPS) is 25.4. The zero-order valence-corrected chi connectivity index (χ0v) is 11.6. The summed E-state index contributed by atoms with van der Waals surface area (Å²) >= 11 is 0. The fourth-order valence-corrected chi connectivity index (χ4v) is 3.47. The first-order valence-electron chi connectivity index (χ1n) is 7.17. The maximum absolute atomic E-state index is 14.0. The number of anilines is 1. The van der Waals surface area contributed by atoms with Crippen molar-refractivity contribution in [2.24, 2.45) is 0 Å². The maximum Gasteiger partial charge on any atom is 0.182 e. The number of hydrogen-bond acceptors (Lipinski definition) is 2. The minimum atomic E-state index is -1.12. The zero-order valence-electron chi connectivity index (χ0n) is 11.6. The Morgan fingerprint density at radius 3 is 2.60 bits per heavy atom. The van der Waals surface area contributed by atoms with Crippen molar-refractivity contribution in [2.75, 3.05) is 18.0 Å². The quantitative estimate of drug-likeness (QED) is 0.797. The molecule has 1 unspecified atom stereocenters. The van der Waals surface area contributed by atoms with Crippen LogP contribution < -0.4 is 10.2 Å². The third-order valence-corrected chi connectivity index (χ3v) is 4.62. The van der Waals surface area contributed by atoms with Gasteiger partial charge in [-0.3, -0.25) is 0 Å². The van der Waals surface area contributed by atoms with E-state index in [1.807, 2.05) is 11.8 Å². The smallest absolute Gasteiger partial charge is 0.182 e. The van der Waals surface area contributed by atoms with Crippen LogP contribution in [0, 0.1) is 17.5 Å². The first-order valence-corrected chi connectivity index (χ1v) is 7.17. The molecule has 1 N–H and O–H groups in total. The van der Waals surface area contributed by atoms with Gasteiger partial charge in [-0.15, -0.1) is 0 Å². The van der Waals surface area contributed by atoms with Crippen LogP contribution in [0.1, 0.15) is 32.6 Å². The molecular formula is C15H19F3N2. The van der Waals surface area contributed by atoms with Crippen molar-refractivity contribution in [1.29, 1.82) is 0 Å². The summed E-state index contributed by atoms with van der Waals surface area (Å²) in [6.45, 7) is 3.25. The number of piperazine rings is 1. The number of nitrogens with one attached hydrogen (secondary N) is 1. The van der Waals surface area contributed by atoms with Crippen molar-refractivity contribution in [3.63, 3.8) is 0 Å². The maximum atomic E-state index is 14.0. The van der Waals surface area contributed by atoms with E-state index in [1.165, 1.54) is 0 Å². The average Bonchev–Trinajstić information content (AvgIpc) is 2.86. The van der Waals surface area contributed by atoms with Gasteiger partial charge in [0.15, 0.2) is 11.6 Å². The lowest BCUT2D eigenvalue weighted by atomic mass is 9.92. The van der Waals surface area contributed by atoms with E-state index in [-0.39, 0.29) is 17.3 Å². The Kier molecular flexibility index (Phi) is 3.40. The molecule has 1 atom stereocenters. The minimum absolute atomic E-state index is 0.0110. The Morgan fingerprint density at radius 1 is 1.20 bits per heavy atom. The third kappa shape index (κ3) is 2.28. The van der Waals surface area contributed by atoms with E-state index in [0.29, 0.717) is 19.2 Å². The fourth-order valence-electron chi connectivity index (χ4n) is 3.47. The van der Waals surface area contributed by atoms with Crippen LogP contribution >= 0.6 is 0 Å². The van der Waals surface area contributed by atoms with Crippen LogP contribution in [0.4, 0.5) is 18.9 Å². The predicted molar refractivity (Wildman–Crippen MR) is 72.3 cm³/mol. The fraction of sp³-hybridized carbons (Fsp3) is 0.600. The standard InChI is InChI=1S/C15H19F3N2/c1-10-8-19-15(4-2-3-5-15)9-20(10)13-7-11(16)6-12(17)14(13)18/h6-7,10,19H,2-5,8-9H2,1H3. The van der Waals surface area contributed by atoms with Crippen LogP contribution in [0.3, 0.4) is 0 Å². The highest BCUT2D eigenvalue weighted by molar-refractivity contribution is 5.51. The molecule has 0 amide bonds. The van der Waals surface area contributed by atoms with Crippen LogP contribution in [-0.4, -0.2) is 24.7 Å². The molecule has 1 aromatic rings. The first kappa shape index (κ1) is 13.7. The highest BCUT2D eigenvalue weighted by Crippen LogP contribution is 2.36. The predicted octanol–water partition coefficient (Wildman–Crippen LogP) is 3.21. The van der Waals surface area contributed by atoms with Gasteiger partial charge in [0.2, 0.25) is 0 Å². The van der Waals surface area contributed by atoms with E-state index in [0.717, 1.165) is 31.7 Å². The summed E-state index contributed by atoms with van der Waals surface area (Å²) in [6, 6.07) is 1.71. The van der Waals surface area contributed by atoms with E-state index in [9.17, 15) is 13.2 Å². The van der Waals surface area contributed by atoms with E-state index < -0.39 is 17.5 Å². The summed E-state index contributed by atoms with van der Waals surface area (Å²) in [5.41, 5.74) is 0.0182. The van der Waals surface area contributed by atoms with Gasteiger partial charge in [0.1, 0.15) is 5.82 Å². The summed E-state index contributed by atoms with van der Waals surface area (Å²) < 4.78 is 40.9. The Bertz CT molecular complexity index is 512. The molecule has 110 valence electrons. The Morgan fingerprint density at radius 2 is 1.90 bits per heavy atom. The molecule has 2 fully saturated rings. The molecule has 1 aliphatic carbocycles. The lowest BCUT2D eigenvalue weighted by Crippen LogP contribution is -2.62. The topological polar surface area (TPSA) is 15.3 Å². The molecule has 1 spiro atoms. The van der Waals surface area contributed by atoms with Gasteiger partial charge in [-0.25, -0.2) is 13.2 Å². The van der Waals surface area contributed by atoms with Gasteiger partial charge in [0.25, 0.3) is 0 Å². The largest absolute Gasteiger partial charge is 0.363 e. The molecule has 1 aliphatic heterocycles. The number of rotatable bonds is 1. The molecule has 0 radical (unpaired) electrons. The summed E-state index contributed by atoms with van der Waals surface area (Å²) in [6.07, 6.45) is 4.37. The van der Waals surface area contributed by atoms with Crippen molar-refractivity contribution < 1.29 is 13.2 Å². The van der Waals surface area contributed by atoms with E-state index in [1.54, 1.807) is 0 Å². The van der Waals surface area contributed by atoms with Gasteiger partial charge in [-0.2, -0.15) is 0 Å². The molecule has 1 heterocycles. The van der Waals surface area contributed by atoms with Gasteiger partial charge < -0.3 is 10.2 Å². The summed E-state index contributed by atoms with van der Waals surface area (Å²) in [5, 5.41) is 3.54. The highest BCUT2D eigenvalue weighted by atomic mass is 19.2. The number of hydrogen-bond donors (Lipinski definition) is 1. The lowest BCUT2D eigenvalue weighted by Gasteiger charge is -2.46. The zero-order chi connectivity index (χ0) is 14.3. The molecule has 1 aromatic carbocycles. The van der Waals surface area contributed by atoms with Crippen molar-refractivity contribution in [3.05, 3.63) is 29.6 Å². The second kappa shape index (κ2) is 4.95. The van der Waals surface area contributed by atoms with Crippen LogP contribution in [0.2, 0.25) is 0 Å². The second-order valence-electron chi connectivity index (χ2n) is 6.07. The van der Waals surface area contributed by atoms with Gasteiger partial charge in [0.05, 0.1) is 5.69 Å². The van der Waals surface area contributed by atoms with Crippen molar-refractivity contribution in [3.8, 4) is 0 Å². The summed E-state index contributed by atoms with van der Waals surface area (Å²) in [5.74, 6) is -2.80. The molecule has 3 rings (SSSR count). The molecule has 0 bridgehead atoms. The van der Waals surface area contributed by atoms with Crippen LogP contribution in [-0.2, 0) is 0 Å². The molecular weight excluding hydrogens is 265 g/mol. The highest BCUT2D eigenvalue weighted by Gasteiger charge is 2.40. The third-order valence-electron chi connectivity index (χ3n) is 4.62. The Balaban J connectivity index is 1.95. The monoisotopic (exact) mass is 284 g/mol. The van der Waals surface area contributed by atoms with E-state index in [4.69, 9.17) is 0 Å². The van der Waals surface area contributed by atoms with Gasteiger partial charge in [-0.05, 0) is 19.8 Å². The van der Waals surface area contributed by atoms with E-state index in [2.05, 4.69) is 5.32 Å². The molecule has 0 aromatic heterocycles. The Labute approximate surface area is 117 Å². The van der Waals surface area contributed by atoms with Crippen molar-refractivity contribution in [1.82, 2.24) is 5.32 Å². The molecule has 2 nitrogen and oxygen atoms in total. The molecule has 2 aliphatic rings. The number of halogens is 3. The lowest BCUT2D eigenvalue weighted by molar-refractivity contribution is 0.274. The second-order valence-corrected chi connectivity index (χ2v) is 6.07. The summed E-state index contributed by atoms with van der Waals surface area (Å²) in [4.78, 5) is 1.81. The van der Waals surface area contributed by atoms with Gasteiger partial charge in [-0.1, -0.05) is 12.8 Å². The van der Waals surface area contributed by atoms with Crippen LogP contribution in [0.5, 0.6) is 0 Å².